The van der Waals surface area contributed by atoms with Gasteiger partial charge in [0.1, 0.15) is 0 Å². The maximum atomic E-state index is 4.98. The first-order valence-electron chi connectivity index (χ1n) is 4.02. The number of benzene rings is 1. The van der Waals surface area contributed by atoms with E-state index in [0.717, 1.165) is 16.5 Å². The summed E-state index contributed by atoms with van der Waals surface area (Å²) in [5.74, 6) is 0.633. The second kappa shape index (κ2) is 2.63. The fraction of sp³-hybridized carbons (Fsp3) is 0. The van der Waals surface area contributed by atoms with E-state index < -0.39 is 0 Å². The molecule has 0 bridgehead atoms. The fourth-order valence-electron chi connectivity index (χ4n) is 1.30. The predicted molar refractivity (Wildman–Crippen MR) is 47.2 cm³/mol. The van der Waals surface area contributed by atoms with Gasteiger partial charge in [-0.25, -0.2) is 5.10 Å². The summed E-state index contributed by atoms with van der Waals surface area (Å²) in [5, 5.41) is 18.1. The summed E-state index contributed by atoms with van der Waals surface area (Å²) < 4.78 is 4.98. The lowest BCUT2D eigenvalue weighted by Crippen LogP contribution is -1.79. The number of hydrogen-bond acceptors (Lipinski definition) is 5. The second-order valence-electron chi connectivity index (χ2n) is 2.83. The van der Waals surface area contributed by atoms with Gasteiger partial charge in [-0.15, -0.1) is 5.10 Å². The van der Waals surface area contributed by atoms with Crippen LogP contribution in [0.3, 0.4) is 0 Å². The molecule has 0 saturated heterocycles. The lowest BCUT2D eigenvalue weighted by molar-refractivity contribution is 0.456. The first-order chi connectivity index (χ1) is 6.93. The van der Waals surface area contributed by atoms with E-state index in [1.54, 1.807) is 6.20 Å². The van der Waals surface area contributed by atoms with E-state index in [1.807, 2.05) is 18.2 Å². The molecule has 0 fully saturated rings. The first-order valence-corrected chi connectivity index (χ1v) is 4.02. The molecule has 0 radical (unpaired) electrons. The summed E-state index contributed by atoms with van der Waals surface area (Å²) in [4.78, 5) is 0. The molecule has 0 amide bonds. The zero-order valence-electron chi connectivity index (χ0n) is 7.01. The summed E-state index contributed by atoms with van der Waals surface area (Å²) in [6.07, 6.45) is 1.66. The maximum Gasteiger partial charge on any atom is 0.179 e. The van der Waals surface area contributed by atoms with Gasteiger partial charge < -0.3 is 4.52 Å². The van der Waals surface area contributed by atoms with Gasteiger partial charge in [0.05, 0.1) is 6.20 Å². The van der Waals surface area contributed by atoms with Crippen LogP contribution in [0.25, 0.3) is 22.4 Å². The maximum absolute atomic E-state index is 4.98. The minimum Gasteiger partial charge on any atom is -0.356 e. The van der Waals surface area contributed by atoms with Gasteiger partial charge in [0.2, 0.25) is 0 Å². The van der Waals surface area contributed by atoms with Gasteiger partial charge in [-0.05, 0) is 28.6 Å². The molecule has 3 aromatic rings. The van der Waals surface area contributed by atoms with E-state index in [2.05, 4.69) is 25.8 Å². The van der Waals surface area contributed by atoms with Crippen LogP contribution in [0.2, 0.25) is 0 Å². The highest BCUT2D eigenvalue weighted by Gasteiger charge is 2.04. The quantitative estimate of drug-likeness (QED) is 0.614. The van der Waals surface area contributed by atoms with Crippen LogP contribution >= 0.6 is 0 Å². The Hall–Kier alpha value is -2.24. The molecule has 0 saturated carbocycles. The number of aromatic amines is 1. The summed E-state index contributed by atoms with van der Waals surface area (Å²) in [6.45, 7) is 0. The standard InChI is InChI=1S/C8H5N5O/c1-2-7-6(4-9-14-7)3-5(1)8-10-12-13-11-8/h1-4H,(H,10,11,12,13). The highest BCUT2D eigenvalue weighted by Crippen LogP contribution is 2.20. The molecule has 1 N–H and O–H groups in total. The number of rotatable bonds is 1. The summed E-state index contributed by atoms with van der Waals surface area (Å²) >= 11 is 0. The number of nitrogens with one attached hydrogen (secondary N) is 1. The molecule has 0 unspecified atom stereocenters. The van der Waals surface area contributed by atoms with Crippen molar-refractivity contribution in [1.29, 1.82) is 0 Å². The van der Waals surface area contributed by atoms with Crippen molar-refractivity contribution in [3.63, 3.8) is 0 Å². The van der Waals surface area contributed by atoms with Crippen LogP contribution in [0.15, 0.2) is 28.9 Å². The molecule has 68 valence electrons. The predicted octanol–water partition coefficient (Wildman–Crippen LogP) is 1.01. The largest absolute Gasteiger partial charge is 0.356 e. The topological polar surface area (TPSA) is 80.5 Å². The number of H-pyrrole nitrogens is 1. The Morgan fingerprint density at radius 2 is 2.29 bits per heavy atom. The molecule has 0 aliphatic heterocycles. The van der Waals surface area contributed by atoms with Gasteiger partial charge in [0, 0.05) is 10.9 Å². The van der Waals surface area contributed by atoms with Crippen LogP contribution in [0.1, 0.15) is 0 Å². The van der Waals surface area contributed by atoms with Gasteiger partial charge in [-0.1, -0.05) is 5.16 Å². The monoisotopic (exact) mass is 187 g/mol. The van der Waals surface area contributed by atoms with Gasteiger partial charge in [0.15, 0.2) is 11.4 Å². The molecule has 2 aromatic heterocycles. The normalized spacial score (nSPS) is 10.9. The molecule has 0 spiro atoms. The van der Waals surface area contributed by atoms with Crippen molar-refractivity contribution < 1.29 is 4.52 Å². The fourth-order valence-corrected chi connectivity index (χ4v) is 1.30. The number of nitrogens with zero attached hydrogens (tertiary/aromatic N) is 4. The Balaban J connectivity index is 2.23. The van der Waals surface area contributed by atoms with E-state index >= 15 is 0 Å². The Labute approximate surface area is 77.9 Å². The minimum atomic E-state index is 0.633. The van der Waals surface area contributed by atoms with Crippen molar-refractivity contribution in [2.24, 2.45) is 0 Å². The number of tetrazole rings is 1. The van der Waals surface area contributed by atoms with Crippen LogP contribution in [-0.4, -0.2) is 25.8 Å². The zero-order chi connectivity index (χ0) is 9.38. The summed E-state index contributed by atoms with van der Waals surface area (Å²) in [5.41, 5.74) is 1.66. The molecule has 3 rings (SSSR count). The summed E-state index contributed by atoms with van der Waals surface area (Å²) in [6, 6.07) is 5.62. The van der Waals surface area contributed by atoms with Gasteiger partial charge >= 0.3 is 0 Å². The molecule has 6 heteroatoms. The van der Waals surface area contributed by atoms with Crippen LogP contribution in [0.5, 0.6) is 0 Å². The molecular formula is C8H5N5O. The van der Waals surface area contributed by atoms with Crippen molar-refractivity contribution in [1.82, 2.24) is 25.8 Å². The number of fused-ring (bicyclic) bond motifs is 1. The zero-order valence-corrected chi connectivity index (χ0v) is 7.01. The Bertz CT molecular complexity index is 556. The van der Waals surface area contributed by atoms with Crippen molar-refractivity contribution in [3.8, 4) is 11.4 Å². The Kier molecular flexibility index (Phi) is 1.35. The van der Waals surface area contributed by atoms with Crippen LogP contribution in [0, 0.1) is 0 Å². The number of aromatic nitrogens is 5. The van der Waals surface area contributed by atoms with E-state index in [9.17, 15) is 0 Å². The lowest BCUT2D eigenvalue weighted by atomic mass is 10.1. The second-order valence-corrected chi connectivity index (χ2v) is 2.83. The highest BCUT2D eigenvalue weighted by molar-refractivity contribution is 5.80. The molecule has 6 nitrogen and oxygen atoms in total. The Morgan fingerprint density at radius 1 is 1.29 bits per heavy atom. The first kappa shape index (κ1) is 7.19. The third-order valence-corrected chi connectivity index (χ3v) is 1.97. The molecule has 0 aliphatic carbocycles. The highest BCUT2D eigenvalue weighted by atomic mass is 16.5. The SMILES string of the molecule is c1cc2oncc2cc1-c1nnn[nH]1. The third-order valence-electron chi connectivity index (χ3n) is 1.97. The van der Waals surface area contributed by atoms with Crippen molar-refractivity contribution >= 4 is 11.0 Å². The Morgan fingerprint density at radius 3 is 3.14 bits per heavy atom. The average Bonchev–Trinajstić information content (AvgIpc) is 2.88. The van der Waals surface area contributed by atoms with Gasteiger partial charge in [-0.2, -0.15) is 0 Å². The van der Waals surface area contributed by atoms with E-state index in [4.69, 9.17) is 4.52 Å². The minimum absolute atomic E-state index is 0.633. The molecular weight excluding hydrogens is 182 g/mol. The van der Waals surface area contributed by atoms with Gasteiger partial charge in [0.25, 0.3) is 0 Å². The molecule has 1 aromatic carbocycles. The van der Waals surface area contributed by atoms with E-state index in [1.165, 1.54) is 0 Å². The van der Waals surface area contributed by atoms with Crippen molar-refractivity contribution in [2.45, 2.75) is 0 Å². The molecule has 0 atom stereocenters. The average molecular weight is 187 g/mol. The molecule has 14 heavy (non-hydrogen) atoms. The smallest absolute Gasteiger partial charge is 0.179 e. The lowest BCUT2D eigenvalue weighted by Gasteiger charge is -1.92. The van der Waals surface area contributed by atoms with Crippen LogP contribution in [0.4, 0.5) is 0 Å². The third kappa shape index (κ3) is 0.972. The molecule has 2 heterocycles. The van der Waals surface area contributed by atoms with Gasteiger partial charge in [-0.3, -0.25) is 0 Å². The number of hydrogen-bond donors (Lipinski definition) is 1. The van der Waals surface area contributed by atoms with Crippen molar-refractivity contribution in [2.75, 3.05) is 0 Å². The summed E-state index contributed by atoms with van der Waals surface area (Å²) in [7, 11) is 0. The van der Waals surface area contributed by atoms with Crippen LogP contribution < -0.4 is 0 Å². The van der Waals surface area contributed by atoms with E-state index in [-0.39, 0.29) is 0 Å². The van der Waals surface area contributed by atoms with Crippen LogP contribution in [-0.2, 0) is 0 Å². The van der Waals surface area contributed by atoms with Crippen molar-refractivity contribution in [3.05, 3.63) is 24.4 Å². The van der Waals surface area contributed by atoms with E-state index in [0.29, 0.717) is 5.82 Å². The molecule has 0 aliphatic rings.